The Bertz CT molecular complexity index is 472. The van der Waals surface area contributed by atoms with E-state index in [9.17, 15) is 9.90 Å². The number of aromatic nitrogens is 1. The third-order valence-corrected chi connectivity index (χ3v) is 3.28. The van der Waals surface area contributed by atoms with E-state index in [4.69, 9.17) is 0 Å². The van der Waals surface area contributed by atoms with E-state index in [1.54, 1.807) is 6.92 Å². The molecule has 112 valence electrons. The lowest BCUT2D eigenvalue weighted by atomic mass is 10.1. The standard InChI is InChI=1S/C15H25N3O2/c1-6-18(9-7-8-17(4)5)13-10-11(2)16-12(3)14(13)15(19)20/h10H,6-9H2,1-5H3,(H,19,20). The molecular weight excluding hydrogens is 254 g/mol. The van der Waals surface area contributed by atoms with E-state index in [0.29, 0.717) is 11.3 Å². The topological polar surface area (TPSA) is 56.7 Å². The second kappa shape index (κ2) is 7.24. The van der Waals surface area contributed by atoms with Gasteiger partial charge in [0.1, 0.15) is 5.56 Å². The van der Waals surface area contributed by atoms with Gasteiger partial charge in [-0.05, 0) is 53.9 Å². The van der Waals surface area contributed by atoms with Crippen molar-refractivity contribution in [3.63, 3.8) is 0 Å². The van der Waals surface area contributed by atoms with Gasteiger partial charge in [-0.25, -0.2) is 4.79 Å². The molecule has 0 fully saturated rings. The zero-order chi connectivity index (χ0) is 15.3. The third-order valence-electron chi connectivity index (χ3n) is 3.28. The molecule has 0 aliphatic heterocycles. The summed E-state index contributed by atoms with van der Waals surface area (Å²) < 4.78 is 0. The van der Waals surface area contributed by atoms with Crippen LogP contribution in [0.2, 0.25) is 0 Å². The molecule has 5 nitrogen and oxygen atoms in total. The summed E-state index contributed by atoms with van der Waals surface area (Å²) in [5, 5.41) is 9.42. The number of carboxylic acids is 1. The molecule has 0 unspecified atom stereocenters. The molecule has 0 radical (unpaired) electrons. The van der Waals surface area contributed by atoms with Crippen molar-refractivity contribution in [2.24, 2.45) is 0 Å². The smallest absolute Gasteiger partial charge is 0.339 e. The highest BCUT2D eigenvalue weighted by atomic mass is 16.4. The molecule has 20 heavy (non-hydrogen) atoms. The number of hydrogen-bond donors (Lipinski definition) is 1. The molecule has 1 heterocycles. The Hall–Kier alpha value is -1.62. The average molecular weight is 279 g/mol. The van der Waals surface area contributed by atoms with Gasteiger partial charge in [-0.2, -0.15) is 0 Å². The Morgan fingerprint density at radius 2 is 1.95 bits per heavy atom. The van der Waals surface area contributed by atoms with Crippen LogP contribution in [0.4, 0.5) is 5.69 Å². The number of carboxylic acid groups (broad SMARTS) is 1. The fourth-order valence-electron chi connectivity index (χ4n) is 2.35. The second-order valence-corrected chi connectivity index (χ2v) is 5.28. The Balaban J connectivity index is 3.04. The van der Waals surface area contributed by atoms with Gasteiger partial charge in [0.05, 0.1) is 11.4 Å². The molecule has 0 saturated carbocycles. The van der Waals surface area contributed by atoms with Gasteiger partial charge in [0.2, 0.25) is 0 Å². The third kappa shape index (κ3) is 4.20. The van der Waals surface area contributed by atoms with Gasteiger partial charge in [-0.15, -0.1) is 0 Å². The number of hydrogen-bond acceptors (Lipinski definition) is 4. The van der Waals surface area contributed by atoms with E-state index in [1.165, 1.54) is 0 Å². The summed E-state index contributed by atoms with van der Waals surface area (Å²) >= 11 is 0. The van der Waals surface area contributed by atoms with E-state index < -0.39 is 5.97 Å². The number of aromatic carboxylic acids is 1. The first-order valence-corrected chi connectivity index (χ1v) is 6.98. The molecular formula is C15H25N3O2. The van der Waals surface area contributed by atoms with Crippen molar-refractivity contribution in [2.75, 3.05) is 38.6 Å². The number of nitrogens with zero attached hydrogens (tertiary/aromatic N) is 3. The van der Waals surface area contributed by atoms with Crippen LogP contribution in [0.3, 0.4) is 0 Å². The van der Waals surface area contributed by atoms with Crippen LogP contribution in [0.5, 0.6) is 0 Å². The highest BCUT2D eigenvalue weighted by Crippen LogP contribution is 2.24. The lowest BCUT2D eigenvalue weighted by Crippen LogP contribution is -2.29. The highest BCUT2D eigenvalue weighted by molar-refractivity contribution is 5.95. The van der Waals surface area contributed by atoms with Crippen molar-refractivity contribution < 1.29 is 9.90 Å². The summed E-state index contributed by atoms with van der Waals surface area (Å²) in [6, 6.07) is 1.87. The van der Waals surface area contributed by atoms with E-state index in [1.807, 2.05) is 34.0 Å². The van der Waals surface area contributed by atoms with Gasteiger partial charge in [0, 0.05) is 18.8 Å². The molecule has 0 aliphatic rings. The molecule has 0 aromatic carbocycles. The number of anilines is 1. The maximum absolute atomic E-state index is 11.5. The number of rotatable bonds is 7. The minimum atomic E-state index is -0.906. The van der Waals surface area contributed by atoms with Crippen LogP contribution in [0, 0.1) is 13.8 Å². The van der Waals surface area contributed by atoms with E-state index in [0.717, 1.165) is 37.4 Å². The predicted molar refractivity (Wildman–Crippen MR) is 81.7 cm³/mol. The van der Waals surface area contributed by atoms with Crippen LogP contribution >= 0.6 is 0 Å². The minimum Gasteiger partial charge on any atom is -0.478 e. The van der Waals surface area contributed by atoms with Crippen LogP contribution in [0.15, 0.2) is 6.07 Å². The number of aryl methyl sites for hydroxylation is 2. The molecule has 0 bridgehead atoms. The van der Waals surface area contributed by atoms with Crippen molar-refractivity contribution in [3.05, 3.63) is 23.0 Å². The first-order chi connectivity index (χ1) is 9.36. The van der Waals surface area contributed by atoms with Gasteiger partial charge >= 0.3 is 5.97 Å². The maximum atomic E-state index is 11.5. The SMILES string of the molecule is CCN(CCCN(C)C)c1cc(C)nc(C)c1C(=O)O. The number of pyridine rings is 1. The largest absolute Gasteiger partial charge is 0.478 e. The lowest BCUT2D eigenvalue weighted by molar-refractivity contribution is 0.0696. The summed E-state index contributed by atoms with van der Waals surface area (Å²) in [6.07, 6.45) is 1.00. The lowest BCUT2D eigenvalue weighted by Gasteiger charge is -2.26. The van der Waals surface area contributed by atoms with Gasteiger partial charge in [-0.1, -0.05) is 0 Å². The summed E-state index contributed by atoms with van der Waals surface area (Å²) in [5.74, 6) is -0.906. The molecule has 0 atom stereocenters. The molecule has 1 aromatic rings. The molecule has 1 N–H and O–H groups in total. The first kappa shape index (κ1) is 16.4. The summed E-state index contributed by atoms with van der Waals surface area (Å²) in [7, 11) is 4.08. The van der Waals surface area contributed by atoms with Crippen molar-refractivity contribution in [3.8, 4) is 0 Å². The molecule has 1 aromatic heterocycles. The zero-order valence-corrected chi connectivity index (χ0v) is 13.1. The van der Waals surface area contributed by atoms with Crippen molar-refractivity contribution >= 4 is 11.7 Å². The second-order valence-electron chi connectivity index (χ2n) is 5.28. The van der Waals surface area contributed by atoms with Crippen molar-refractivity contribution in [1.29, 1.82) is 0 Å². The first-order valence-electron chi connectivity index (χ1n) is 6.98. The van der Waals surface area contributed by atoms with E-state index in [2.05, 4.69) is 14.8 Å². The Morgan fingerprint density at radius 1 is 1.30 bits per heavy atom. The van der Waals surface area contributed by atoms with Crippen molar-refractivity contribution in [2.45, 2.75) is 27.2 Å². The zero-order valence-electron chi connectivity index (χ0n) is 13.1. The molecule has 0 spiro atoms. The highest BCUT2D eigenvalue weighted by Gasteiger charge is 2.19. The van der Waals surface area contributed by atoms with E-state index in [-0.39, 0.29) is 0 Å². The van der Waals surface area contributed by atoms with Crippen LogP contribution < -0.4 is 4.90 Å². The Morgan fingerprint density at radius 3 is 2.45 bits per heavy atom. The monoisotopic (exact) mass is 279 g/mol. The predicted octanol–water partition coefficient (Wildman–Crippen LogP) is 2.17. The van der Waals surface area contributed by atoms with Crippen LogP contribution in [-0.2, 0) is 0 Å². The summed E-state index contributed by atoms with van der Waals surface area (Å²) in [6.45, 7) is 8.33. The number of carbonyl (C=O) groups is 1. The molecule has 0 aliphatic carbocycles. The molecule has 1 rings (SSSR count). The quantitative estimate of drug-likeness (QED) is 0.829. The fourth-order valence-corrected chi connectivity index (χ4v) is 2.35. The van der Waals surface area contributed by atoms with Gasteiger partial charge in [0.25, 0.3) is 0 Å². The minimum absolute atomic E-state index is 0.322. The molecule has 5 heteroatoms. The van der Waals surface area contributed by atoms with Crippen LogP contribution in [0.1, 0.15) is 35.1 Å². The normalized spacial score (nSPS) is 10.9. The van der Waals surface area contributed by atoms with Crippen molar-refractivity contribution in [1.82, 2.24) is 9.88 Å². The average Bonchev–Trinajstić information content (AvgIpc) is 2.32. The van der Waals surface area contributed by atoms with Crippen LogP contribution in [-0.4, -0.2) is 54.7 Å². The Labute approximate surface area is 121 Å². The Kier molecular flexibility index (Phi) is 5.95. The van der Waals surface area contributed by atoms with Gasteiger partial charge < -0.3 is 14.9 Å². The fraction of sp³-hybridized carbons (Fsp3) is 0.600. The molecule has 0 saturated heterocycles. The summed E-state index contributed by atoms with van der Waals surface area (Å²) in [5.41, 5.74) is 2.54. The van der Waals surface area contributed by atoms with E-state index >= 15 is 0 Å². The summed E-state index contributed by atoms with van der Waals surface area (Å²) in [4.78, 5) is 20.0. The molecule has 0 amide bonds. The van der Waals surface area contributed by atoms with Gasteiger partial charge in [0.15, 0.2) is 0 Å². The van der Waals surface area contributed by atoms with Gasteiger partial charge in [-0.3, -0.25) is 4.98 Å². The van der Waals surface area contributed by atoms with Crippen LogP contribution in [0.25, 0.3) is 0 Å². The maximum Gasteiger partial charge on any atom is 0.339 e.